The van der Waals surface area contributed by atoms with E-state index in [0.717, 1.165) is 0 Å². The molecular weight excluding hydrogens is 282 g/mol. The van der Waals surface area contributed by atoms with Crippen LogP contribution in [0.5, 0.6) is 0 Å². The number of nitrogens with one attached hydrogen (secondary N) is 3. The fraction of sp³-hybridized carbons (Fsp3) is 0.200. The number of H-pyrrole nitrogens is 2. The number of ether oxygens (including phenoxy) is 2. The van der Waals surface area contributed by atoms with Crippen LogP contribution in [0, 0.1) is 0 Å². The zero-order valence-corrected chi connectivity index (χ0v) is 11.1. The molecular formula is C10H11N7O4. The second-order valence-electron chi connectivity index (χ2n) is 3.59. The van der Waals surface area contributed by atoms with Crippen LogP contribution in [0.2, 0.25) is 0 Å². The highest BCUT2D eigenvalue weighted by molar-refractivity contribution is 5.94. The van der Waals surface area contributed by atoms with Gasteiger partial charge in [-0.2, -0.15) is 10.2 Å². The summed E-state index contributed by atoms with van der Waals surface area (Å²) in [5.41, 5.74) is 2.76. The lowest BCUT2D eigenvalue weighted by Gasteiger charge is -1.99. The van der Waals surface area contributed by atoms with Crippen LogP contribution < -0.4 is 5.43 Å². The molecule has 0 aliphatic rings. The first-order valence-corrected chi connectivity index (χ1v) is 5.57. The number of aromatic nitrogens is 4. The van der Waals surface area contributed by atoms with Crippen molar-refractivity contribution in [1.29, 1.82) is 0 Å². The predicted octanol–water partition coefficient (Wildman–Crippen LogP) is 0.817. The van der Waals surface area contributed by atoms with Gasteiger partial charge in [0.05, 0.1) is 26.6 Å². The summed E-state index contributed by atoms with van der Waals surface area (Å²) >= 11 is 0. The Hall–Kier alpha value is -3.24. The summed E-state index contributed by atoms with van der Waals surface area (Å²) in [5.74, 6) is -0.883. The maximum Gasteiger partial charge on any atom is 0.343 e. The van der Waals surface area contributed by atoms with Crippen molar-refractivity contribution in [2.75, 3.05) is 19.6 Å². The molecule has 0 saturated carbocycles. The van der Waals surface area contributed by atoms with Crippen molar-refractivity contribution in [2.24, 2.45) is 10.3 Å². The molecule has 0 unspecified atom stereocenters. The Morgan fingerprint density at radius 2 is 1.71 bits per heavy atom. The molecule has 0 fully saturated rings. The quantitative estimate of drug-likeness (QED) is 0.420. The van der Waals surface area contributed by atoms with Crippen molar-refractivity contribution in [3.8, 4) is 0 Å². The highest BCUT2D eigenvalue weighted by Crippen LogP contribution is 2.17. The molecule has 0 aliphatic carbocycles. The molecule has 0 aliphatic heterocycles. The zero-order chi connectivity index (χ0) is 15.2. The molecule has 3 N–H and O–H groups in total. The first-order chi connectivity index (χ1) is 10.2. The first kappa shape index (κ1) is 14.2. The summed E-state index contributed by atoms with van der Waals surface area (Å²) in [7, 11) is 2.48. The number of hydrogen-bond donors (Lipinski definition) is 3. The number of hydrogen-bond acceptors (Lipinski definition) is 8. The van der Waals surface area contributed by atoms with Crippen LogP contribution in [-0.2, 0) is 9.47 Å². The largest absolute Gasteiger partial charge is 0.465 e. The molecule has 0 atom stereocenters. The monoisotopic (exact) mass is 293 g/mol. The van der Waals surface area contributed by atoms with Crippen LogP contribution in [0.1, 0.15) is 20.7 Å². The lowest BCUT2D eigenvalue weighted by atomic mass is 10.3. The molecule has 2 heterocycles. The third-order valence-electron chi connectivity index (χ3n) is 2.38. The van der Waals surface area contributed by atoms with Crippen molar-refractivity contribution in [2.45, 2.75) is 0 Å². The number of nitrogens with zero attached hydrogens (tertiary/aromatic N) is 4. The van der Waals surface area contributed by atoms with Gasteiger partial charge in [-0.1, -0.05) is 5.22 Å². The third kappa shape index (κ3) is 3.02. The van der Waals surface area contributed by atoms with E-state index in [9.17, 15) is 9.59 Å². The topological polar surface area (TPSA) is 147 Å². The second kappa shape index (κ2) is 6.27. The maximum absolute atomic E-state index is 11.4. The van der Waals surface area contributed by atoms with E-state index in [4.69, 9.17) is 0 Å². The molecule has 0 amide bonds. The van der Waals surface area contributed by atoms with Gasteiger partial charge in [0.25, 0.3) is 0 Å². The fourth-order valence-corrected chi connectivity index (χ4v) is 1.38. The Morgan fingerprint density at radius 1 is 1.10 bits per heavy atom. The van der Waals surface area contributed by atoms with E-state index < -0.39 is 11.9 Å². The van der Waals surface area contributed by atoms with Gasteiger partial charge < -0.3 is 9.47 Å². The zero-order valence-electron chi connectivity index (χ0n) is 11.1. The fourth-order valence-electron chi connectivity index (χ4n) is 1.38. The number of aromatic amines is 2. The highest BCUT2D eigenvalue weighted by atomic mass is 16.5. The van der Waals surface area contributed by atoms with Crippen LogP contribution in [-0.4, -0.2) is 46.6 Å². The van der Waals surface area contributed by atoms with E-state index in [-0.39, 0.29) is 22.8 Å². The number of carbonyl (C=O) groups is 2. The number of anilines is 1. The van der Waals surface area contributed by atoms with E-state index in [2.05, 4.69) is 45.6 Å². The van der Waals surface area contributed by atoms with Gasteiger partial charge in [-0.3, -0.25) is 10.2 Å². The molecule has 2 rings (SSSR count). The maximum atomic E-state index is 11.4. The third-order valence-corrected chi connectivity index (χ3v) is 2.38. The summed E-state index contributed by atoms with van der Waals surface area (Å²) in [5, 5.41) is 19.7. The molecule has 11 heteroatoms. The lowest BCUT2D eigenvalue weighted by molar-refractivity contribution is 0.0593. The average Bonchev–Trinajstić information content (AvgIpc) is 3.15. The van der Waals surface area contributed by atoms with Crippen molar-refractivity contribution >= 4 is 23.6 Å². The summed E-state index contributed by atoms with van der Waals surface area (Å²) in [6.07, 6.45) is 2.54. The van der Waals surface area contributed by atoms with Gasteiger partial charge in [0, 0.05) is 0 Å². The van der Waals surface area contributed by atoms with Gasteiger partial charge >= 0.3 is 11.9 Å². The summed E-state index contributed by atoms with van der Waals surface area (Å²) in [6, 6.07) is 0. The average molecular weight is 293 g/mol. The summed E-state index contributed by atoms with van der Waals surface area (Å²) in [4.78, 5) is 22.8. The molecule has 110 valence electrons. The predicted molar refractivity (Wildman–Crippen MR) is 68.0 cm³/mol. The lowest BCUT2D eigenvalue weighted by Crippen LogP contribution is -2.03. The van der Waals surface area contributed by atoms with Crippen molar-refractivity contribution in [1.82, 2.24) is 20.4 Å². The van der Waals surface area contributed by atoms with Crippen molar-refractivity contribution in [3.63, 3.8) is 0 Å². The van der Waals surface area contributed by atoms with Gasteiger partial charge in [-0.05, 0) is 0 Å². The van der Waals surface area contributed by atoms with Gasteiger partial charge in [-0.15, -0.1) is 5.11 Å². The van der Waals surface area contributed by atoms with E-state index in [0.29, 0.717) is 0 Å². The number of methoxy groups -OCH3 is 2. The number of carbonyl (C=O) groups excluding carboxylic acids is 2. The van der Waals surface area contributed by atoms with Gasteiger partial charge in [0.2, 0.25) is 0 Å². The van der Waals surface area contributed by atoms with Crippen LogP contribution in [0.15, 0.2) is 22.7 Å². The van der Waals surface area contributed by atoms with E-state index in [1.54, 1.807) is 0 Å². The molecule has 11 nitrogen and oxygen atoms in total. The summed E-state index contributed by atoms with van der Waals surface area (Å²) < 4.78 is 9.12. The molecule has 2 aromatic heterocycles. The number of esters is 2. The van der Waals surface area contributed by atoms with Crippen LogP contribution >= 0.6 is 0 Å². The molecule has 0 spiro atoms. The molecule has 21 heavy (non-hydrogen) atoms. The van der Waals surface area contributed by atoms with E-state index in [1.807, 2.05) is 0 Å². The van der Waals surface area contributed by atoms with Crippen molar-refractivity contribution in [3.05, 3.63) is 23.5 Å². The molecule has 0 saturated heterocycles. The Labute approximate surface area is 117 Å². The Kier molecular flexibility index (Phi) is 4.23. The van der Waals surface area contributed by atoms with E-state index >= 15 is 0 Å². The Bertz CT molecular complexity index is 675. The van der Waals surface area contributed by atoms with Crippen LogP contribution in [0.4, 0.5) is 11.6 Å². The SMILES string of the molecule is COC(=O)c1cn[nH]c1/N=N/Nc1[nH]ncc1C(=O)OC. The number of rotatable bonds is 5. The molecule has 0 bridgehead atoms. The van der Waals surface area contributed by atoms with Gasteiger partial charge in [0.15, 0.2) is 11.6 Å². The normalized spacial score (nSPS) is 10.6. The molecule has 2 aromatic rings. The molecule has 0 radical (unpaired) electrons. The standard InChI is InChI=1S/C10H11N7O4/c1-20-9(18)5-3-11-13-7(5)15-17-16-8-6(4-12-14-8)10(19)21-2/h3-4H,1-2H3,(H3,11,12,13,14,15,16). The van der Waals surface area contributed by atoms with Gasteiger partial charge in [0.1, 0.15) is 11.1 Å². The minimum atomic E-state index is -0.602. The minimum absolute atomic E-state index is 0.105. The minimum Gasteiger partial charge on any atom is -0.465 e. The van der Waals surface area contributed by atoms with Crippen LogP contribution in [0.3, 0.4) is 0 Å². The van der Waals surface area contributed by atoms with E-state index in [1.165, 1.54) is 26.6 Å². The Morgan fingerprint density at radius 3 is 2.43 bits per heavy atom. The van der Waals surface area contributed by atoms with Crippen LogP contribution in [0.25, 0.3) is 0 Å². The summed E-state index contributed by atoms with van der Waals surface area (Å²) in [6.45, 7) is 0. The van der Waals surface area contributed by atoms with Gasteiger partial charge in [-0.25, -0.2) is 15.0 Å². The smallest absolute Gasteiger partial charge is 0.343 e. The Balaban J connectivity index is 2.10. The van der Waals surface area contributed by atoms with Crippen molar-refractivity contribution < 1.29 is 19.1 Å². The first-order valence-electron chi connectivity index (χ1n) is 5.57. The second-order valence-corrected chi connectivity index (χ2v) is 3.59. The highest BCUT2D eigenvalue weighted by Gasteiger charge is 2.15. The molecule has 0 aromatic carbocycles.